The van der Waals surface area contributed by atoms with Crippen molar-refractivity contribution < 1.29 is 8.78 Å². The largest absolute Gasteiger partial charge is 0.310 e. The summed E-state index contributed by atoms with van der Waals surface area (Å²) in [5.41, 5.74) is 1.73. The van der Waals surface area contributed by atoms with Crippen LogP contribution in [0.15, 0.2) is 23.6 Å². The first-order valence-electron chi connectivity index (χ1n) is 6.69. The van der Waals surface area contributed by atoms with Crippen LogP contribution in [-0.2, 0) is 6.42 Å². The topological polar surface area (TPSA) is 24.9 Å². The number of halogens is 2. The number of rotatable bonds is 6. The molecule has 1 aromatic carbocycles. The van der Waals surface area contributed by atoms with Gasteiger partial charge in [0.25, 0.3) is 0 Å². The summed E-state index contributed by atoms with van der Waals surface area (Å²) in [5.74, 6) is -1.62. The van der Waals surface area contributed by atoms with Gasteiger partial charge in [-0.05, 0) is 37.6 Å². The number of nitrogens with one attached hydrogen (secondary N) is 1. The van der Waals surface area contributed by atoms with Gasteiger partial charge >= 0.3 is 0 Å². The van der Waals surface area contributed by atoms with Crippen LogP contribution in [0.5, 0.6) is 0 Å². The van der Waals surface area contributed by atoms with Crippen LogP contribution in [0.2, 0.25) is 0 Å². The molecule has 0 aliphatic carbocycles. The van der Waals surface area contributed by atoms with E-state index >= 15 is 0 Å². The van der Waals surface area contributed by atoms with Crippen molar-refractivity contribution in [3.63, 3.8) is 0 Å². The maximum Gasteiger partial charge on any atom is 0.159 e. The monoisotopic (exact) mass is 296 g/mol. The second-order valence-corrected chi connectivity index (χ2v) is 5.80. The van der Waals surface area contributed by atoms with E-state index in [1.165, 1.54) is 12.1 Å². The predicted molar refractivity (Wildman–Crippen MR) is 77.9 cm³/mol. The van der Waals surface area contributed by atoms with Gasteiger partial charge in [0.05, 0.1) is 10.7 Å². The Hall–Kier alpha value is -1.33. The lowest BCUT2D eigenvalue weighted by Crippen LogP contribution is -2.24. The van der Waals surface area contributed by atoms with Gasteiger partial charge < -0.3 is 5.32 Å². The molecule has 0 aliphatic heterocycles. The van der Waals surface area contributed by atoms with Gasteiger partial charge in [0.15, 0.2) is 11.6 Å². The molecule has 0 radical (unpaired) electrons. The maximum atomic E-state index is 13.4. The Morgan fingerprint density at radius 1 is 1.30 bits per heavy atom. The average molecular weight is 296 g/mol. The molecular formula is C15H18F2N2S. The molecule has 20 heavy (non-hydrogen) atoms. The van der Waals surface area contributed by atoms with E-state index in [0.29, 0.717) is 6.42 Å². The molecular weight excluding hydrogens is 278 g/mol. The standard InChI is InChI=1S/C15H18F2N2S/c1-3-6-18-15(8-12-9-20-10(2)19-12)11-4-5-13(16)14(17)7-11/h4-5,7,9,15,18H,3,6,8H2,1-2H3. The van der Waals surface area contributed by atoms with Crippen molar-refractivity contribution in [3.05, 3.63) is 51.5 Å². The summed E-state index contributed by atoms with van der Waals surface area (Å²) in [4.78, 5) is 4.43. The zero-order valence-corrected chi connectivity index (χ0v) is 12.4. The molecule has 0 spiro atoms. The van der Waals surface area contributed by atoms with Gasteiger partial charge in [0.1, 0.15) is 0 Å². The number of hydrogen-bond acceptors (Lipinski definition) is 3. The zero-order valence-electron chi connectivity index (χ0n) is 11.6. The van der Waals surface area contributed by atoms with E-state index in [1.54, 1.807) is 17.4 Å². The molecule has 2 rings (SSSR count). The van der Waals surface area contributed by atoms with Crippen molar-refractivity contribution in [1.29, 1.82) is 0 Å². The first-order valence-corrected chi connectivity index (χ1v) is 7.57. The van der Waals surface area contributed by atoms with Crippen LogP contribution in [0.3, 0.4) is 0 Å². The Morgan fingerprint density at radius 2 is 2.10 bits per heavy atom. The van der Waals surface area contributed by atoms with Crippen LogP contribution < -0.4 is 5.32 Å². The molecule has 0 saturated carbocycles. The number of aryl methyl sites for hydroxylation is 1. The van der Waals surface area contributed by atoms with Crippen molar-refractivity contribution in [2.45, 2.75) is 32.7 Å². The maximum absolute atomic E-state index is 13.4. The van der Waals surface area contributed by atoms with Gasteiger partial charge in [-0.1, -0.05) is 13.0 Å². The highest BCUT2D eigenvalue weighted by Crippen LogP contribution is 2.21. The normalized spacial score (nSPS) is 12.6. The SMILES string of the molecule is CCCNC(Cc1csc(C)n1)c1ccc(F)c(F)c1. The molecule has 1 heterocycles. The van der Waals surface area contributed by atoms with Gasteiger partial charge in [-0.15, -0.1) is 11.3 Å². The average Bonchev–Trinajstić information content (AvgIpc) is 2.83. The summed E-state index contributed by atoms with van der Waals surface area (Å²) in [6, 6.07) is 4.02. The molecule has 2 nitrogen and oxygen atoms in total. The fraction of sp³-hybridized carbons (Fsp3) is 0.400. The fourth-order valence-electron chi connectivity index (χ4n) is 2.07. The summed E-state index contributed by atoms with van der Waals surface area (Å²) in [7, 11) is 0. The van der Waals surface area contributed by atoms with Crippen molar-refractivity contribution in [2.24, 2.45) is 0 Å². The molecule has 108 valence electrons. The van der Waals surface area contributed by atoms with Crippen molar-refractivity contribution in [1.82, 2.24) is 10.3 Å². The van der Waals surface area contributed by atoms with Gasteiger partial charge in [0, 0.05) is 17.8 Å². The molecule has 1 aromatic heterocycles. The third-order valence-corrected chi connectivity index (χ3v) is 3.89. The second-order valence-electron chi connectivity index (χ2n) is 4.74. The zero-order chi connectivity index (χ0) is 14.5. The Balaban J connectivity index is 2.19. The van der Waals surface area contributed by atoms with Gasteiger partial charge in [-0.2, -0.15) is 0 Å². The Kier molecular flexibility index (Phi) is 5.20. The molecule has 0 aliphatic rings. The third-order valence-electron chi connectivity index (χ3n) is 3.07. The van der Waals surface area contributed by atoms with E-state index in [1.807, 2.05) is 12.3 Å². The molecule has 2 aromatic rings. The number of hydrogen-bond donors (Lipinski definition) is 1. The van der Waals surface area contributed by atoms with Crippen LogP contribution in [0, 0.1) is 18.6 Å². The Morgan fingerprint density at radius 3 is 2.70 bits per heavy atom. The summed E-state index contributed by atoms with van der Waals surface area (Å²) in [5, 5.41) is 6.39. The summed E-state index contributed by atoms with van der Waals surface area (Å²) in [6.45, 7) is 4.86. The lowest BCUT2D eigenvalue weighted by atomic mass is 10.0. The summed E-state index contributed by atoms with van der Waals surface area (Å²) >= 11 is 1.60. The van der Waals surface area contributed by atoms with Crippen molar-refractivity contribution in [2.75, 3.05) is 6.54 Å². The number of thiazole rings is 1. The van der Waals surface area contributed by atoms with Crippen LogP contribution in [0.4, 0.5) is 8.78 Å². The number of benzene rings is 1. The molecule has 0 saturated heterocycles. The van der Waals surface area contributed by atoms with E-state index in [-0.39, 0.29) is 6.04 Å². The van der Waals surface area contributed by atoms with E-state index in [2.05, 4.69) is 17.2 Å². The van der Waals surface area contributed by atoms with Crippen molar-refractivity contribution in [3.8, 4) is 0 Å². The van der Waals surface area contributed by atoms with Crippen LogP contribution >= 0.6 is 11.3 Å². The van der Waals surface area contributed by atoms with Crippen LogP contribution in [0.1, 0.15) is 35.7 Å². The molecule has 0 bridgehead atoms. The van der Waals surface area contributed by atoms with E-state index in [4.69, 9.17) is 0 Å². The fourth-order valence-corrected chi connectivity index (χ4v) is 2.69. The molecule has 0 fully saturated rings. The molecule has 0 amide bonds. The highest BCUT2D eigenvalue weighted by atomic mass is 32.1. The van der Waals surface area contributed by atoms with E-state index in [0.717, 1.165) is 29.2 Å². The first-order chi connectivity index (χ1) is 9.60. The number of aromatic nitrogens is 1. The first kappa shape index (κ1) is 15.1. The summed E-state index contributed by atoms with van der Waals surface area (Å²) < 4.78 is 26.4. The minimum Gasteiger partial charge on any atom is -0.310 e. The van der Waals surface area contributed by atoms with Gasteiger partial charge in [0.2, 0.25) is 0 Å². The minimum atomic E-state index is -0.813. The minimum absolute atomic E-state index is 0.0495. The molecule has 1 atom stereocenters. The highest BCUT2D eigenvalue weighted by Gasteiger charge is 2.15. The quantitative estimate of drug-likeness (QED) is 0.871. The second kappa shape index (κ2) is 6.90. The lowest BCUT2D eigenvalue weighted by Gasteiger charge is -2.18. The lowest BCUT2D eigenvalue weighted by molar-refractivity contribution is 0.492. The van der Waals surface area contributed by atoms with Gasteiger partial charge in [-0.25, -0.2) is 13.8 Å². The Bertz CT molecular complexity index is 569. The molecule has 5 heteroatoms. The van der Waals surface area contributed by atoms with Gasteiger partial charge in [-0.3, -0.25) is 0 Å². The summed E-state index contributed by atoms with van der Waals surface area (Å²) in [6.07, 6.45) is 1.66. The predicted octanol–water partition coefficient (Wildman–Crippen LogP) is 4.01. The highest BCUT2D eigenvalue weighted by molar-refractivity contribution is 7.09. The molecule has 1 unspecified atom stereocenters. The number of nitrogens with zero attached hydrogens (tertiary/aromatic N) is 1. The van der Waals surface area contributed by atoms with Crippen LogP contribution in [-0.4, -0.2) is 11.5 Å². The smallest absolute Gasteiger partial charge is 0.159 e. The van der Waals surface area contributed by atoms with E-state index in [9.17, 15) is 8.78 Å². The third kappa shape index (κ3) is 3.84. The van der Waals surface area contributed by atoms with E-state index < -0.39 is 11.6 Å². The van der Waals surface area contributed by atoms with Crippen molar-refractivity contribution >= 4 is 11.3 Å². The van der Waals surface area contributed by atoms with Crippen LogP contribution in [0.25, 0.3) is 0 Å². The Labute approximate surface area is 121 Å². The molecule has 1 N–H and O–H groups in total.